The number of rotatable bonds is 4. The lowest BCUT2D eigenvalue weighted by molar-refractivity contribution is -0.272. The minimum Gasteiger partial charge on any atom is -0.493 e. The van der Waals surface area contributed by atoms with Crippen LogP contribution in [0.25, 0.3) is 0 Å². The highest BCUT2D eigenvalue weighted by molar-refractivity contribution is 5.91. The average Bonchev–Trinajstić information content (AvgIpc) is 3.03. The van der Waals surface area contributed by atoms with E-state index in [1.807, 2.05) is 0 Å². The van der Waals surface area contributed by atoms with E-state index in [9.17, 15) is 36.7 Å². The molecule has 1 aromatic carbocycles. The second-order valence-electron chi connectivity index (χ2n) is 7.87. The molecule has 0 radical (unpaired) electrons. The molecule has 1 saturated heterocycles. The number of nitrogens with zero attached hydrogens (tertiary/aromatic N) is 2. The Labute approximate surface area is 189 Å². The molecule has 4 atom stereocenters. The molecule has 184 valence electrons. The summed E-state index contributed by atoms with van der Waals surface area (Å²) in [6.45, 7) is 1.90. The molecule has 3 N–H and O–H groups in total. The Bertz CT molecular complexity index is 1210. The molecule has 1 aliphatic heterocycles. The lowest BCUT2D eigenvalue weighted by Gasteiger charge is -2.32. The van der Waals surface area contributed by atoms with Gasteiger partial charge in [0.25, 0.3) is 11.8 Å². The van der Waals surface area contributed by atoms with Crippen LogP contribution in [0.4, 0.5) is 22.0 Å². The highest BCUT2D eigenvalue weighted by Crippen LogP contribution is 2.55. The van der Waals surface area contributed by atoms with E-state index < -0.39 is 64.6 Å². The van der Waals surface area contributed by atoms with Crippen molar-refractivity contribution in [1.29, 1.82) is 0 Å². The van der Waals surface area contributed by atoms with Crippen LogP contribution in [0.3, 0.4) is 0 Å². The zero-order valence-electron chi connectivity index (χ0n) is 18.1. The molecule has 1 aliphatic rings. The van der Waals surface area contributed by atoms with Crippen molar-refractivity contribution in [2.45, 2.75) is 37.6 Å². The number of aromatic nitrogens is 1. The van der Waals surface area contributed by atoms with E-state index in [2.05, 4.69) is 4.99 Å². The van der Waals surface area contributed by atoms with E-state index in [0.717, 1.165) is 45.4 Å². The monoisotopic (exact) mass is 489 g/mol. The van der Waals surface area contributed by atoms with Crippen molar-refractivity contribution in [3.63, 3.8) is 0 Å². The summed E-state index contributed by atoms with van der Waals surface area (Å²) in [6.07, 6.45) is -5.86. The maximum atomic E-state index is 14.4. The van der Waals surface area contributed by atoms with E-state index in [1.165, 1.54) is 0 Å². The number of hydrogen-bond acceptors (Lipinski definition) is 5. The van der Waals surface area contributed by atoms with E-state index in [-0.39, 0.29) is 10.9 Å². The van der Waals surface area contributed by atoms with Crippen molar-refractivity contribution in [3.05, 3.63) is 58.7 Å². The number of halogens is 5. The summed E-state index contributed by atoms with van der Waals surface area (Å²) in [7, 11) is 1.01. The molecule has 0 bridgehead atoms. The zero-order chi connectivity index (χ0) is 25.6. The Morgan fingerprint density at radius 2 is 1.91 bits per heavy atom. The van der Waals surface area contributed by atoms with Crippen LogP contribution in [0.2, 0.25) is 0 Å². The first kappa shape index (κ1) is 25.1. The molecule has 2 heterocycles. The van der Waals surface area contributed by atoms with Gasteiger partial charge in [0.1, 0.15) is 11.8 Å². The zero-order valence-corrected chi connectivity index (χ0v) is 18.1. The SMILES string of the molecule is COc1c([C@@H]2[C@@H](C(=O)N=c3ccn(O)c(C(N)=O)c3)O[C@@](C)(C(F)(F)F)[C@H]2C)ccc(F)c1F. The van der Waals surface area contributed by atoms with E-state index >= 15 is 0 Å². The number of nitrogens with two attached hydrogens (primary N) is 1. The van der Waals surface area contributed by atoms with Gasteiger partial charge in [0.2, 0.25) is 5.82 Å². The van der Waals surface area contributed by atoms with Gasteiger partial charge in [-0.15, -0.1) is 0 Å². The first-order chi connectivity index (χ1) is 15.7. The van der Waals surface area contributed by atoms with Crippen molar-refractivity contribution in [1.82, 2.24) is 4.73 Å². The van der Waals surface area contributed by atoms with Crippen molar-refractivity contribution < 1.29 is 46.2 Å². The first-order valence-electron chi connectivity index (χ1n) is 9.79. The molecule has 13 heteroatoms. The standard InChI is InChI=1S/C21H20F5N3O5/c1-9-14(11-4-5-12(22)15(23)16(11)33-3)17(34-20(9,2)21(24,25)26)19(31)28-10-6-7-29(32)13(8-10)18(27)30/h4-9,14,17,32H,1-3H3,(H2,27,30)/t9-,14+,17-,20+/m0/s1. The maximum absolute atomic E-state index is 14.4. The quantitative estimate of drug-likeness (QED) is 0.506. The minimum absolute atomic E-state index is 0.211. The predicted octanol–water partition coefficient (Wildman–Crippen LogP) is 2.68. The molecule has 2 amide bonds. The van der Waals surface area contributed by atoms with Gasteiger partial charge in [-0.2, -0.15) is 22.3 Å². The number of pyridine rings is 1. The van der Waals surface area contributed by atoms with Crippen LogP contribution in [0.1, 0.15) is 35.8 Å². The van der Waals surface area contributed by atoms with Gasteiger partial charge in [-0.05, 0) is 25.1 Å². The minimum atomic E-state index is -4.93. The maximum Gasteiger partial charge on any atom is 0.417 e. The molecule has 0 unspecified atom stereocenters. The number of primary amides is 1. The van der Waals surface area contributed by atoms with Gasteiger partial charge in [0.15, 0.2) is 17.2 Å². The predicted molar refractivity (Wildman–Crippen MR) is 105 cm³/mol. The van der Waals surface area contributed by atoms with Crippen LogP contribution in [-0.4, -0.2) is 46.7 Å². The van der Waals surface area contributed by atoms with Crippen molar-refractivity contribution >= 4 is 11.8 Å². The molecular formula is C21H20F5N3O5. The average molecular weight is 489 g/mol. The summed E-state index contributed by atoms with van der Waals surface area (Å²) in [5, 5.41) is 9.39. The smallest absolute Gasteiger partial charge is 0.417 e. The Balaban J connectivity index is 2.18. The number of carbonyl (C=O) groups excluding carboxylic acids is 2. The molecule has 8 nitrogen and oxygen atoms in total. The van der Waals surface area contributed by atoms with Crippen LogP contribution in [-0.2, 0) is 9.53 Å². The van der Waals surface area contributed by atoms with Gasteiger partial charge >= 0.3 is 6.18 Å². The summed E-state index contributed by atoms with van der Waals surface area (Å²) < 4.78 is 80.4. The molecule has 2 aromatic rings. The Kier molecular flexibility index (Phi) is 6.44. The molecule has 34 heavy (non-hydrogen) atoms. The fraction of sp³-hybridized carbons (Fsp3) is 0.381. The fourth-order valence-electron chi connectivity index (χ4n) is 3.95. The molecule has 0 aliphatic carbocycles. The van der Waals surface area contributed by atoms with Crippen molar-refractivity contribution in [3.8, 4) is 5.75 Å². The molecule has 1 fully saturated rings. The number of amides is 2. The van der Waals surface area contributed by atoms with Crippen LogP contribution in [0, 0.1) is 17.6 Å². The van der Waals surface area contributed by atoms with Crippen molar-refractivity contribution in [2.75, 3.05) is 7.11 Å². The number of carbonyl (C=O) groups is 2. The van der Waals surface area contributed by atoms with Gasteiger partial charge in [-0.3, -0.25) is 9.59 Å². The second kappa shape index (κ2) is 8.70. The fourth-order valence-corrected chi connectivity index (χ4v) is 3.95. The Morgan fingerprint density at radius 1 is 1.26 bits per heavy atom. The van der Waals surface area contributed by atoms with E-state index in [1.54, 1.807) is 0 Å². The van der Waals surface area contributed by atoms with Gasteiger partial charge < -0.3 is 20.4 Å². The molecular weight excluding hydrogens is 469 g/mol. The molecule has 0 spiro atoms. The number of alkyl halides is 3. The normalized spacial score (nSPS) is 25.4. The summed E-state index contributed by atoms with van der Waals surface area (Å²) in [6, 6.07) is 3.76. The lowest BCUT2D eigenvalue weighted by Crippen LogP contribution is -2.47. The second-order valence-corrected chi connectivity index (χ2v) is 7.87. The summed E-state index contributed by atoms with van der Waals surface area (Å²) in [5.74, 6) is -8.53. The Hall–Kier alpha value is -3.48. The summed E-state index contributed by atoms with van der Waals surface area (Å²) >= 11 is 0. The van der Waals surface area contributed by atoms with Crippen molar-refractivity contribution in [2.24, 2.45) is 16.6 Å². The number of hydrogen-bond donors (Lipinski definition) is 2. The molecule has 0 saturated carbocycles. The van der Waals surface area contributed by atoms with Gasteiger partial charge in [0, 0.05) is 23.6 Å². The first-order valence-corrected chi connectivity index (χ1v) is 9.79. The van der Waals surface area contributed by atoms with Gasteiger partial charge in [-0.25, -0.2) is 9.38 Å². The highest BCUT2D eigenvalue weighted by Gasteiger charge is 2.65. The summed E-state index contributed by atoms with van der Waals surface area (Å²) in [4.78, 5) is 28.1. The van der Waals surface area contributed by atoms with Crippen LogP contribution >= 0.6 is 0 Å². The van der Waals surface area contributed by atoms with Crippen LogP contribution < -0.4 is 15.8 Å². The molecule has 3 rings (SSSR count). The lowest BCUT2D eigenvalue weighted by atomic mass is 9.77. The van der Waals surface area contributed by atoms with Crippen LogP contribution in [0.15, 0.2) is 35.5 Å². The number of ether oxygens (including phenoxy) is 2. The van der Waals surface area contributed by atoms with Gasteiger partial charge in [-0.1, -0.05) is 13.0 Å². The largest absolute Gasteiger partial charge is 0.493 e. The highest BCUT2D eigenvalue weighted by atomic mass is 19.4. The van der Waals surface area contributed by atoms with E-state index in [4.69, 9.17) is 15.2 Å². The van der Waals surface area contributed by atoms with Crippen LogP contribution in [0.5, 0.6) is 5.75 Å². The summed E-state index contributed by atoms with van der Waals surface area (Å²) in [5.41, 5.74) is 1.61. The van der Waals surface area contributed by atoms with Gasteiger partial charge in [0.05, 0.1) is 12.5 Å². The topological polar surface area (TPSA) is 116 Å². The Morgan fingerprint density at radius 3 is 2.47 bits per heavy atom. The third-order valence-corrected chi connectivity index (χ3v) is 5.97. The number of benzene rings is 1. The third kappa shape index (κ3) is 4.11. The van der Waals surface area contributed by atoms with E-state index in [0.29, 0.717) is 10.8 Å². The molecule has 1 aromatic heterocycles. The third-order valence-electron chi connectivity index (χ3n) is 5.97. The number of methoxy groups -OCH3 is 1.